The van der Waals surface area contributed by atoms with Crippen LogP contribution < -0.4 is 5.32 Å². The summed E-state index contributed by atoms with van der Waals surface area (Å²) in [5.41, 5.74) is 4.80. The van der Waals surface area contributed by atoms with E-state index in [0.29, 0.717) is 12.0 Å². The third kappa shape index (κ3) is 3.82. The van der Waals surface area contributed by atoms with Crippen LogP contribution in [0.4, 0.5) is 0 Å². The van der Waals surface area contributed by atoms with E-state index in [2.05, 4.69) is 68.4 Å². The topological polar surface area (TPSA) is 29.3 Å². The summed E-state index contributed by atoms with van der Waals surface area (Å²) in [4.78, 5) is 4.75. The Morgan fingerprint density at radius 1 is 1.36 bits per heavy atom. The highest BCUT2D eigenvalue weighted by Crippen LogP contribution is 2.36. The van der Waals surface area contributed by atoms with E-state index < -0.39 is 0 Å². The average Bonchev–Trinajstić information content (AvgIpc) is 2.97. The SMILES string of the molecule is C=CC1C(NCCc2ccn3c(C)cc(C)nc23)CCCC1C(C)C. The molecule has 2 aromatic rings. The molecular formula is C22H33N3. The molecule has 3 rings (SSSR count). The third-order valence-corrected chi connectivity index (χ3v) is 5.96. The molecule has 0 saturated heterocycles. The van der Waals surface area contributed by atoms with Crippen molar-refractivity contribution in [1.82, 2.24) is 14.7 Å². The molecule has 0 aromatic carbocycles. The molecule has 3 heteroatoms. The quantitative estimate of drug-likeness (QED) is 0.772. The van der Waals surface area contributed by atoms with E-state index in [1.807, 2.05) is 0 Å². The largest absolute Gasteiger partial charge is 0.313 e. The number of rotatable bonds is 6. The molecule has 1 fully saturated rings. The number of fused-ring (bicyclic) bond motifs is 1. The second kappa shape index (κ2) is 7.74. The van der Waals surface area contributed by atoms with E-state index in [0.717, 1.165) is 36.1 Å². The molecule has 0 amide bonds. The lowest BCUT2D eigenvalue weighted by Gasteiger charge is -2.39. The van der Waals surface area contributed by atoms with Gasteiger partial charge in [-0.1, -0.05) is 26.3 Å². The van der Waals surface area contributed by atoms with Gasteiger partial charge < -0.3 is 9.72 Å². The predicted octanol–water partition coefficient (Wildman–Crippen LogP) is 4.71. The molecule has 25 heavy (non-hydrogen) atoms. The smallest absolute Gasteiger partial charge is 0.140 e. The zero-order valence-corrected chi connectivity index (χ0v) is 16.3. The maximum absolute atomic E-state index is 4.75. The lowest BCUT2D eigenvalue weighted by molar-refractivity contribution is 0.172. The van der Waals surface area contributed by atoms with Crippen molar-refractivity contribution in [2.45, 2.75) is 59.4 Å². The van der Waals surface area contributed by atoms with Crippen LogP contribution in [0.15, 0.2) is 31.0 Å². The highest BCUT2D eigenvalue weighted by molar-refractivity contribution is 5.50. The summed E-state index contributed by atoms with van der Waals surface area (Å²) in [6.45, 7) is 14.1. The van der Waals surface area contributed by atoms with Gasteiger partial charge in [0.15, 0.2) is 0 Å². The Balaban J connectivity index is 1.65. The summed E-state index contributed by atoms with van der Waals surface area (Å²) in [5, 5.41) is 3.83. The second-order valence-corrected chi connectivity index (χ2v) is 8.04. The fraction of sp³-hybridized carbons (Fsp3) is 0.591. The van der Waals surface area contributed by atoms with Gasteiger partial charge in [0.25, 0.3) is 0 Å². The monoisotopic (exact) mass is 339 g/mol. The fourth-order valence-corrected chi connectivity index (χ4v) is 4.64. The van der Waals surface area contributed by atoms with Crippen molar-refractivity contribution in [2.75, 3.05) is 6.54 Å². The molecule has 0 aliphatic heterocycles. The zero-order valence-electron chi connectivity index (χ0n) is 16.3. The minimum atomic E-state index is 0.573. The van der Waals surface area contributed by atoms with Gasteiger partial charge in [-0.15, -0.1) is 6.58 Å². The first-order valence-corrected chi connectivity index (χ1v) is 9.81. The van der Waals surface area contributed by atoms with Crippen LogP contribution in [0.5, 0.6) is 0 Å². The van der Waals surface area contributed by atoms with Gasteiger partial charge in [-0.25, -0.2) is 4.98 Å². The fourth-order valence-electron chi connectivity index (χ4n) is 4.64. The van der Waals surface area contributed by atoms with Gasteiger partial charge >= 0.3 is 0 Å². The number of hydrogen-bond acceptors (Lipinski definition) is 2. The molecule has 3 nitrogen and oxygen atoms in total. The summed E-state index contributed by atoms with van der Waals surface area (Å²) in [6.07, 6.45) is 9.32. The number of hydrogen-bond donors (Lipinski definition) is 1. The van der Waals surface area contributed by atoms with E-state index in [4.69, 9.17) is 4.98 Å². The number of aryl methyl sites for hydroxylation is 2. The molecule has 1 saturated carbocycles. The van der Waals surface area contributed by atoms with Crippen molar-refractivity contribution >= 4 is 5.65 Å². The van der Waals surface area contributed by atoms with Crippen LogP contribution in [0.25, 0.3) is 5.65 Å². The van der Waals surface area contributed by atoms with Gasteiger partial charge in [0.2, 0.25) is 0 Å². The molecule has 1 N–H and O–H groups in total. The lowest BCUT2D eigenvalue weighted by Crippen LogP contribution is -2.43. The predicted molar refractivity (Wildman–Crippen MR) is 106 cm³/mol. The summed E-state index contributed by atoms with van der Waals surface area (Å²) in [6, 6.07) is 4.93. The van der Waals surface area contributed by atoms with Gasteiger partial charge in [0.05, 0.1) is 0 Å². The van der Waals surface area contributed by atoms with Gasteiger partial charge in [0.1, 0.15) is 5.65 Å². The molecule has 0 radical (unpaired) electrons. The molecule has 3 atom stereocenters. The van der Waals surface area contributed by atoms with Crippen LogP contribution in [-0.4, -0.2) is 22.0 Å². The number of nitrogens with one attached hydrogen (secondary N) is 1. The van der Waals surface area contributed by atoms with Crippen LogP contribution in [0, 0.1) is 31.6 Å². The van der Waals surface area contributed by atoms with E-state index >= 15 is 0 Å². The lowest BCUT2D eigenvalue weighted by atomic mass is 9.71. The molecule has 0 bridgehead atoms. The molecular weight excluding hydrogens is 306 g/mol. The first kappa shape index (κ1) is 18.2. The van der Waals surface area contributed by atoms with Crippen LogP contribution >= 0.6 is 0 Å². The molecule has 136 valence electrons. The standard InChI is InChI=1S/C22H33N3/c1-6-19-20(15(2)3)8-7-9-21(19)23-12-10-18-11-13-25-17(5)14-16(4)24-22(18)25/h6,11,13-15,19-21,23H,1,7-10,12H2,2-5H3. The van der Waals surface area contributed by atoms with Gasteiger partial charge in [0, 0.05) is 23.6 Å². The summed E-state index contributed by atoms with van der Waals surface area (Å²) < 4.78 is 2.20. The molecule has 1 aliphatic carbocycles. The van der Waals surface area contributed by atoms with Gasteiger partial charge in [-0.05, 0) is 75.1 Å². The Morgan fingerprint density at radius 3 is 2.88 bits per heavy atom. The highest BCUT2D eigenvalue weighted by Gasteiger charge is 2.32. The third-order valence-electron chi connectivity index (χ3n) is 5.96. The maximum atomic E-state index is 4.75. The minimum Gasteiger partial charge on any atom is -0.313 e. The maximum Gasteiger partial charge on any atom is 0.140 e. The van der Waals surface area contributed by atoms with Crippen LogP contribution in [-0.2, 0) is 6.42 Å². The van der Waals surface area contributed by atoms with Crippen LogP contribution in [0.3, 0.4) is 0 Å². The van der Waals surface area contributed by atoms with E-state index in [-0.39, 0.29) is 0 Å². The summed E-state index contributed by atoms with van der Waals surface area (Å²) in [5.74, 6) is 2.10. The minimum absolute atomic E-state index is 0.573. The van der Waals surface area contributed by atoms with Crippen molar-refractivity contribution < 1.29 is 0 Å². The Morgan fingerprint density at radius 2 is 2.16 bits per heavy atom. The Kier molecular flexibility index (Phi) is 5.63. The Labute approximate surface area is 152 Å². The van der Waals surface area contributed by atoms with E-state index in [9.17, 15) is 0 Å². The molecule has 3 unspecified atom stereocenters. The molecule has 2 aromatic heterocycles. The average molecular weight is 340 g/mol. The van der Waals surface area contributed by atoms with E-state index in [1.165, 1.54) is 30.5 Å². The number of aromatic nitrogens is 2. The van der Waals surface area contributed by atoms with Crippen molar-refractivity contribution in [3.63, 3.8) is 0 Å². The Bertz CT molecular complexity index is 728. The van der Waals surface area contributed by atoms with Crippen molar-refractivity contribution in [3.05, 3.63) is 47.9 Å². The second-order valence-electron chi connectivity index (χ2n) is 8.04. The zero-order chi connectivity index (χ0) is 18.0. The number of nitrogens with zero attached hydrogens (tertiary/aromatic N) is 2. The summed E-state index contributed by atoms with van der Waals surface area (Å²) in [7, 11) is 0. The summed E-state index contributed by atoms with van der Waals surface area (Å²) >= 11 is 0. The van der Waals surface area contributed by atoms with Gasteiger partial charge in [-0.2, -0.15) is 0 Å². The van der Waals surface area contributed by atoms with Crippen molar-refractivity contribution in [1.29, 1.82) is 0 Å². The van der Waals surface area contributed by atoms with Crippen LogP contribution in [0.2, 0.25) is 0 Å². The molecule has 1 aliphatic rings. The first-order valence-electron chi connectivity index (χ1n) is 9.81. The molecule has 2 heterocycles. The van der Waals surface area contributed by atoms with Crippen LogP contribution in [0.1, 0.15) is 50.1 Å². The van der Waals surface area contributed by atoms with Gasteiger partial charge in [-0.3, -0.25) is 0 Å². The molecule has 0 spiro atoms. The highest BCUT2D eigenvalue weighted by atomic mass is 15.0. The normalized spacial score (nSPS) is 24.1. The Hall–Kier alpha value is -1.61. The van der Waals surface area contributed by atoms with Crippen molar-refractivity contribution in [2.24, 2.45) is 17.8 Å². The van der Waals surface area contributed by atoms with Crippen molar-refractivity contribution in [3.8, 4) is 0 Å². The first-order chi connectivity index (χ1) is 12.0. The van der Waals surface area contributed by atoms with E-state index in [1.54, 1.807) is 0 Å².